The zero-order chi connectivity index (χ0) is 27.6. The Hall–Kier alpha value is -4.72. The Bertz CT molecular complexity index is 1380. The van der Waals surface area contributed by atoms with Crippen molar-refractivity contribution in [2.45, 2.75) is 26.0 Å². The maximum absolute atomic E-state index is 13.4. The first-order chi connectivity index (χ1) is 18.9. The Morgan fingerprint density at radius 2 is 1.41 bits per heavy atom. The quantitative estimate of drug-likeness (QED) is 0.212. The maximum atomic E-state index is 13.4. The monoisotopic (exact) mass is 531 g/mol. The molecule has 0 atom stereocenters. The Balaban J connectivity index is 1.47. The van der Waals surface area contributed by atoms with Crippen molar-refractivity contribution in [2.24, 2.45) is 0 Å². The number of carbonyl (C=O) groups excluding carboxylic acids is 1. The van der Waals surface area contributed by atoms with Crippen LogP contribution in [0, 0.1) is 0 Å². The molecule has 0 fully saturated rings. The number of rotatable bonds is 12. The Labute approximate surface area is 225 Å². The molecule has 4 aromatic carbocycles. The van der Waals surface area contributed by atoms with Gasteiger partial charge in [0.2, 0.25) is 0 Å². The number of aromatic carboxylic acids is 1. The highest BCUT2D eigenvalue weighted by molar-refractivity contribution is 5.94. The second-order valence-electron chi connectivity index (χ2n) is 8.77. The molecule has 1 N–H and O–H groups in total. The fourth-order valence-electron chi connectivity index (χ4n) is 4.08. The first-order valence-electron chi connectivity index (χ1n) is 12.4. The van der Waals surface area contributed by atoms with Gasteiger partial charge in [0.25, 0.3) is 5.91 Å². The number of benzene rings is 4. The van der Waals surface area contributed by atoms with Gasteiger partial charge < -0.3 is 19.5 Å². The van der Waals surface area contributed by atoms with Crippen LogP contribution in [0.25, 0.3) is 0 Å². The van der Waals surface area contributed by atoms with Gasteiger partial charge in [-0.15, -0.1) is 0 Å². The molecule has 0 spiro atoms. The number of nitrogens with zero attached hydrogens (tertiary/aromatic N) is 1. The second-order valence-corrected chi connectivity index (χ2v) is 8.77. The van der Waals surface area contributed by atoms with Crippen molar-refractivity contribution in [3.05, 3.63) is 125 Å². The van der Waals surface area contributed by atoms with Crippen LogP contribution in [0.3, 0.4) is 0 Å². The number of alkyl halides is 2. The minimum absolute atomic E-state index is 0.0164. The number of aryl methyl sites for hydroxylation is 1. The van der Waals surface area contributed by atoms with Crippen LogP contribution in [-0.4, -0.2) is 35.0 Å². The summed E-state index contributed by atoms with van der Waals surface area (Å²) in [5.74, 6) is -0.640. The molecule has 0 aliphatic rings. The summed E-state index contributed by atoms with van der Waals surface area (Å²) in [6.07, 6.45) is 1.52. The summed E-state index contributed by atoms with van der Waals surface area (Å²) in [4.78, 5) is 26.6. The van der Waals surface area contributed by atoms with Crippen molar-refractivity contribution in [2.75, 3.05) is 6.54 Å². The zero-order valence-corrected chi connectivity index (χ0v) is 21.0. The Morgan fingerprint density at radius 3 is 2.08 bits per heavy atom. The number of amides is 1. The molecule has 4 rings (SSSR count). The van der Waals surface area contributed by atoms with Gasteiger partial charge in [-0.25, -0.2) is 4.79 Å². The molecule has 8 heteroatoms. The van der Waals surface area contributed by atoms with E-state index >= 15 is 0 Å². The highest BCUT2D eigenvalue weighted by atomic mass is 19.3. The molecular weight excluding hydrogens is 504 g/mol. The van der Waals surface area contributed by atoms with Crippen LogP contribution in [0.5, 0.6) is 17.2 Å². The third-order valence-electron chi connectivity index (χ3n) is 5.99. The standard InChI is InChI=1S/C31H27F2NO5/c32-31(33)39-26-18-14-24(15-19-26)29(35)34(20-6-9-22-7-2-1-3-8-22)21-23-12-16-25(17-13-23)38-28-11-5-4-10-27(28)30(36)37/h1-5,7-8,10-19,31H,6,9,20-21H2,(H,36,37). The summed E-state index contributed by atoms with van der Waals surface area (Å²) < 4.78 is 35.2. The van der Waals surface area contributed by atoms with E-state index in [0.717, 1.165) is 18.4 Å². The number of ether oxygens (including phenoxy) is 2. The summed E-state index contributed by atoms with van der Waals surface area (Å²) in [5.41, 5.74) is 2.43. The topological polar surface area (TPSA) is 76.1 Å². The predicted molar refractivity (Wildman–Crippen MR) is 142 cm³/mol. The lowest BCUT2D eigenvalue weighted by Gasteiger charge is -2.23. The van der Waals surface area contributed by atoms with Crippen molar-refractivity contribution in [1.29, 1.82) is 0 Å². The van der Waals surface area contributed by atoms with Crippen LogP contribution in [-0.2, 0) is 13.0 Å². The summed E-state index contributed by atoms with van der Waals surface area (Å²) in [5, 5.41) is 9.37. The normalized spacial score (nSPS) is 10.7. The Morgan fingerprint density at radius 1 is 0.769 bits per heavy atom. The van der Waals surface area contributed by atoms with Gasteiger partial charge in [0.1, 0.15) is 22.8 Å². The maximum Gasteiger partial charge on any atom is 0.387 e. The molecule has 200 valence electrons. The number of carboxylic acid groups (broad SMARTS) is 1. The van der Waals surface area contributed by atoms with Gasteiger partial charge in [0, 0.05) is 18.7 Å². The van der Waals surface area contributed by atoms with Crippen LogP contribution in [0.1, 0.15) is 38.3 Å². The molecule has 0 saturated heterocycles. The molecule has 0 aliphatic carbocycles. The van der Waals surface area contributed by atoms with Crippen LogP contribution < -0.4 is 9.47 Å². The summed E-state index contributed by atoms with van der Waals surface area (Å²) >= 11 is 0. The summed E-state index contributed by atoms with van der Waals surface area (Å²) in [6.45, 7) is -2.15. The molecule has 1 amide bonds. The van der Waals surface area contributed by atoms with Crippen molar-refractivity contribution in [3.8, 4) is 17.2 Å². The van der Waals surface area contributed by atoms with Gasteiger partial charge >= 0.3 is 12.6 Å². The van der Waals surface area contributed by atoms with E-state index in [4.69, 9.17) is 4.74 Å². The lowest BCUT2D eigenvalue weighted by molar-refractivity contribution is -0.0498. The van der Waals surface area contributed by atoms with Crippen LogP contribution in [0.15, 0.2) is 103 Å². The van der Waals surface area contributed by atoms with Crippen molar-refractivity contribution in [3.63, 3.8) is 0 Å². The van der Waals surface area contributed by atoms with Crippen molar-refractivity contribution >= 4 is 11.9 Å². The summed E-state index contributed by atoms with van der Waals surface area (Å²) in [6, 6.07) is 29.1. The number of carbonyl (C=O) groups is 2. The first kappa shape index (κ1) is 27.3. The van der Waals surface area contributed by atoms with Crippen LogP contribution in [0.4, 0.5) is 8.78 Å². The number of hydrogen-bond donors (Lipinski definition) is 1. The number of hydrogen-bond acceptors (Lipinski definition) is 4. The molecule has 39 heavy (non-hydrogen) atoms. The number of halogens is 2. The van der Waals surface area contributed by atoms with Crippen molar-refractivity contribution in [1.82, 2.24) is 4.90 Å². The smallest absolute Gasteiger partial charge is 0.387 e. The van der Waals surface area contributed by atoms with Gasteiger partial charge in [0.05, 0.1) is 0 Å². The van der Waals surface area contributed by atoms with Gasteiger partial charge in [0.15, 0.2) is 0 Å². The molecule has 0 bridgehead atoms. The van der Waals surface area contributed by atoms with Gasteiger partial charge in [-0.05, 0) is 72.5 Å². The molecule has 0 heterocycles. The predicted octanol–water partition coefficient (Wildman–Crippen LogP) is 7.05. The molecule has 0 unspecified atom stereocenters. The van der Waals surface area contributed by atoms with Gasteiger partial charge in [-0.2, -0.15) is 8.78 Å². The average Bonchev–Trinajstić information content (AvgIpc) is 2.94. The molecule has 0 aromatic heterocycles. The second kappa shape index (κ2) is 13.2. The van der Waals surface area contributed by atoms with E-state index in [1.807, 2.05) is 42.5 Å². The average molecular weight is 532 g/mol. The van der Waals surface area contributed by atoms with Crippen LogP contribution in [0.2, 0.25) is 0 Å². The first-order valence-corrected chi connectivity index (χ1v) is 12.4. The minimum Gasteiger partial charge on any atom is -0.478 e. The van der Waals surface area contributed by atoms with E-state index in [1.54, 1.807) is 35.2 Å². The van der Waals surface area contributed by atoms with Crippen molar-refractivity contribution < 1.29 is 33.0 Å². The van der Waals surface area contributed by atoms with E-state index in [2.05, 4.69) is 4.74 Å². The Kier molecular flexibility index (Phi) is 9.24. The minimum atomic E-state index is -2.94. The van der Waals surface area contributed by atoms with E-state index in [1.165, 1.54) is 35.9 Å². The van der Waals surface area contributed by atoms with Gasteiger partial charge in [-0.1, -0.05) is 54.6 Å². The largest absolute Gasteiger partial charge is 0.478 e. The third-order valence-corrected chi connectivity index (χ3v) is 5.99. The van der Waals surface area contributed by atoms with Crippen LogP contribution >= 0.6 is 0 Å². The van der Waals surface area contributed by atoms with E-state index in [0.29, 0.717) is 24.4 Å². The highest BCUT2D eigenvalue weighted by Crippen LogP contribution is 2.26. The molecule has 6 nitrogen and oxygen atoms in total. The highest BCUT2D eigenvalue weighted by Gasteiger charge is 2.17. The van der Waals surface area contributed by atoms with E-state index < -0.39 is 12.6 Å². The zero-order valence-electron chi connectivity index (χ0n) is 21.0. The lowest BCUT2D eigenvalue weighted by atomic mass is 10.1. The molecule has 0 aliphatic heterocycles. The van der Waals surface area contributed by atoms with Gasteiger partial charge in [-0.3, -0.25) is 4.79 Å². The fourth-order valence-corrected chi connectivity index (χ4v) is 4.08. The lowest BCUT2D eigenvalue weighted by Crippen LogP contribution is -2.31. The fraction of sp³-hybridized carbons (Fsp3) is 0.161. The molecule has 4 aromatic rings. The SMILES string of the molecule is O=C(O)c1ccccc1Oc1ccc(CN(CCCc2ccccc2)C(=O)c2ccc(OC(F)F)cc2)cc1. The molecule has 0 saturated carbocycles. The molecule has 0 radical (unpaired) electrons. The number of carboxylic acids is 1. The van der Waals surface area contributed by atoms with E-state index in [-0.39, 0.29) is 23.0 Å². The molecular formula is C31H27F2NO5. The third kappa shape index (κ3) is 7.88. The summed E-state index contributed by atoms with van der Waals surface area (Å²) in [7, 11) is 0. The number of para-hydroxylation sites is 1. The van der Waals surface area contributed by atoms with E-state index in [9.17, 15) is 23.5 Å².